The number of carbonyl (C=O) groups excluding carboxylic acids is 1. The van der Waals surface area contributed by atoms with Crippen LogP contribution in [0.2, 0.25) is 0 Å². The Bertz CT molecular complexity index is 370. The molecule has 2 rings (SSSR count). The van der Waals surface area contributed by atoms with Gasteiger partial charge in [0.1, 0.15) is 11.9 Å². The molecule has 5 nitrogen and oxygen atoms in total. The lowest BCUT2D eigenvalue weighted by Crippen LogP contribution is -2.36. The summed E-state index contributed by atoms with van der Waals surface area (Å²) in [7, 11) is -3.57. The second-order valence-corrected chi connectivity index (χ2v) is 6.21. The van der Waals surface area contributed by atoms with E-state index in [-0.39, 0.29) is 17.1 Å². The van der Waals surface area contributed by atoms with Crippen molar-refractivity contribution in [1.82, 2.24) is 0 Å². The molecule has 1 spiro atoms. The summed E-state index contributed by atoms with van der Waals surface area (Å²) >= 11 is 0. The number of hydrogen-bond acceptors (Lipinski definition) is 4. The van der Waals surface area contributed by atoms with Crippen molar-refractivity contribution in [2.75, 3.05) is 5.75 Å². The largest absolute Gasteiger partial charge is 0.461 e. The van der Waals surface area contributed by atoms with Crippen LogP contribution in [0.25, 0.3) is 0 Å². The van der Waals surface area contributed by atoms with Crippen LogP contribution >= 0.6 is 0 Å². The maximum absolute atomic E-state index is 11.2. The molecule has 0 bridgehead atoms. The molecule has 0 radical (unpaired) electrons. The maximum Gasteiger partial charge on any atom is 0.306 e. The summed E-state index contributed by atoms with van der Waals surface area (Å²) < 4.78 is 27.1. The zero-order valence-corrected chi connectivity index (χ0v) is 9.26. The highest BCUT2D eigenvalue weighted by Gasteiger charge is 2.51. The molecule has 86 valence electrons. The number of nitrogens with two attached hydrogens (primary N) is 1. The van der Waals surface area contributed by atoms with Gasteiger partial charge in [-0.05, 0) is 12.8 Å². The molecule has 0 aromatic rings. The van der Waals surface area contributed by atoms with E-state index in [0.717, 1.165) is 25.7 Å². The summed E-state index contributed by atoms with van der Waals surface area (Å²) in [4.78, 5) is 11.2. The van der Waals surface area contributed by atoms with Crippen molar-refractivity contribution in [2.24, 2.45) is 10.6 Å². The van der Waals surface area contributed by atoms with E-state index < -0.39 is 16.1 Å². The van der Waals surface area contributed by atoms with Gasteiger partial charge in [-0.1, -0.05) is 12.8 Å². The van der Waals surface area contributed by atoms with Crippen molar-refractivity contribution in [3.05, 3.63) is 0 Å². The minimum Gasteiger partial charge on any atom is -0.461 e. The first-order chi connectivity index (χ1) is 6.91. The predicted molar refractivity (Wildman–Crippen MR) is 53.4 cm³/mol. The fourth-order valence-electron chi connectivity index (χ4n) is 2.73. The Labute approximate surface area is 89.0 Å². The maximum atomic E-state index is 11.2. The summed E-state index contributed by atoms with van der Waals surface area (Å²) in [5.41, 5.74) is -0.247. The molecule has 6 heteroatoms. The molecule has 1 aliphatic heterocycles. The summed E-state index contributed by atoms with van der Waals surface area (Å²) in [6.07, 6.45) is 3.66. The Hall–Kier alpha value is -0.620. The number of hydrogen-bond donors (Lipinski definition) is 1. The van der Waals surface area contributed by atoms with Crippen molar-refractivity contribution in [2.45, 2.75) is 38.2 Å². The second kappa shape index (κ2) is 3.45. The van der Waals surface area contributed by atoms with Gasteiger partial charge in [0.05, 0.1) is 6.42 Å². The van der Waals surface area contributed by atoms with Crippen molar-refractivity contribution in [1.29, 1.82) is 0 Å². The van der Waals surface area contributed by atoms with Crippen LogP contribution in [0.15, 0.2) is 0 Å². The molecule has 1 saturated heterocycles. The highest BCUT2D eigenvalue weighted by molar-refractivity contribution is 7.89. The zero-order valence-electron chi connectivity index (χ0n) is 8.44. The molecule has 15 heavy (non-hydrogen) atoms. The van der Waals surface area contributed by atoms with Crippen molar-refractivity contribution < 1.29 is 17.9 Å². The van der Waals surface area contributed by atoms with Crippen LogP contribution in [0.1, 0.15) is 32.1 Å². The number of primary sulfonamides is 1. The minimum absolute atomic E-state index is 0.237. The van der Waals surface area contributed by atoms with Gasteiger partial charge in [-0.15, -0.1) is 0 Å². The van der Waals surface area contributed by atoms with Gasteiger partial charge in [0.15, 0.2) is 0 Å². The SMILES string of the molecule is NS(=O)(=O)CC1OC(=O)CC12CCCC2. The van der Waals surface area contributed by atoms with Gasteiger partial charge >= 0.3 is 5.97 Å². The van der Waals surface area contributed by atoms with Gasteiger partial charge in [0, 0.05) is 5.41 Å². The molecule has 2 fully saturated rings. The first-order valence-electron chi connectivity index (χ1n) is 5.11. The minimum atomic E-state index is -3.57. The number of cyclic esters (lactones) is 1. The van der Waals surface area contributed by atoms with E-state index in [0.29, 0.717) is 6.42 Å². The van der Waals surface area contributed by atoms with Crippen LogP contribution in [0.5, 0.6) is 0 Å². The number of ether oxygens (including phenoxy) is 1. The van der Waals surface area contributed by atoms with Gasteiger partial charge in [-0.3, -0.25) is 4.79 Å². The molecular weight excluding hydrogens is 218 g/mol. The molecule has 1 aliphatic carbocycles. The molecule has 1 saturated carbocycles. The summed E-state index contributed by atoms with van der Waals surface area (Å²) in [5.74, 6) is -0.524. The normalized spacial score (nSPS) is 29.7. The van der Waals surface area contributed by atoms with Crippen LogP contribution in [0.3, 0.4) is 0 Å². The van der Waals surface area contributed by atoms with Crippen LogP contribution in [-0.2, 0) is 19.6 Å². The molecule has 1 unspecified atom stereocenters. The molecule has 2 N–H and O–H groups in total. The number of carbonyl (C=O) groups is 1. The summed E-state index contributed by atoms with van der Waals surface area (Å²) in [5, 5.41) is 4.99. The molecule has 2 aliphatic rings. The highest BCUT2D eigenvalue weighted by atomic mass is 32.2. The molecule has 0 aromatic heterocycles. The average Bonchev–Trinajstić information content (AvgIpc) is 2.59. The molecule has 0 amide bonds. The number of esters is 1. The first-order valence-corrected chi connectivity index (χ1v) is 6.83. The van der Waals surface area contributed by atoms with E-state index in [9.17, 15) is 13.2 Å². The third kappa shape index (κ3) is 2.15. The van der Waals surface area contributed by atoms with Gasteiger partial charge in [-0.2, -0.15) is 0 Å². The number of sulfonamides is 1. The predicted octanol–water partition coefficient (Wildman–Crippen LogP) is 0.151. The smallest absolute Gasteiger partial charge is 0.306 e. The Balaban J connectivity index is 2.19. The Morgan fingerprint density at radius 2 is 2.00 bits per heavy atom. The average molecular weight is 233 g/mol. The zero-order chi connectivity index (χ0) is 11.1. The fourth-order valence-corrected chi connectivity index (χ4v) is 3.57. The lowest BCUT2D eigenvalue weighted by molar-refractivity contribution is -0.140. The summed E-state index contributed by atoms with van der Waals surface area (Å²) in [6, 6.07) is 0. The first kappa shape index (κ1) is 10.9. The van der Waals surface area contributed by atoms with E-state index in [2.05, 4.69) is 0 Å². The van der Waals surface area contributed by atoms with Crippen LogP contribution in [-0.4, -0.2) is 26.2 Å². The molecular formula is C9H15NO4S. The Kier molecular flexibility index (Phi) is 2.50. The second-order valence-electron chi connectivity index (χ2n) is 4.55. The summed E-state index contributed by atoms with van der Waals surface area (Å²) in [6.45, 7) is 0. The van der Waals surface area contributed by atoms with Gasteiger partial charge in [-0.25, -0.2) is 13.6 Å². The van der Waals surface area contributed by atoms with Crippen molar-refractivity contribution in [3.63, 3.8) is 0 Å². The van der Waals surface area contributed by atoms with Gasteiger partial charge < -0.3 is 4.74 Å². The van der Waals surface area contributed by atoms with E-state index >= 15 is 0 Å². The van der Waals surface area contributed by atoms with Gasteiger partial charge in [0.25, 0.3) is 0 Å². The number of rotatable bonds is 2. The fraction of sp³-hybridized carbons (Fsp3) is 0.889. The van der Waals surface area contributed by atoms with Crippen molar-refractivity contribution in [3.8, 4) is 0 Å². The van der Waals surface area contributed by atoms with Crippen molar-refractivity contribution >= 4 is 16.0 Å². The van der Waals surface area contributed by atoms with Crippen LogP contribution < -0.4 is 5.14 Å². The highest BCUT2D eigenvalue weighted by Crippen LogP contribution is 2.49. The lowest BCUT2D eigenvalue weighted by atomic mass is 9.80. The van der Waals surface area contributed by atoms with Crippen LogP contribution in [0, 0.1) is 5.41 Å². The van der Waals surface area contributed by atoms with Crippen LogP contribution in [0.4, 0.5) is 0 Å². The third-order valence-electron chi connectivity index (χ3n) is 3.44. The lowest BCUT2D eigenvalue weighted by Gasteiger charge is -2.26. The third-order valence-corrected chi connectivity index (χ3v) is 4.20. The topological polar surface area (TPSA) is 86.5 Å². The monoisotopic (exact) mass is 233 g/mol. The Morgan fingerprint density at radius 3 is 2.53 bits per heavy atom. The van der Waals surface area contributed by atoms with E-state index in [1.54, 1.807) is 0 Å². The molecule has 0 aromatic carbocycles. The molecule has 1 heterocycles. The van der Waals surface area contributed by atoms with Gasteiger partial charge in [0.2, 0.25) is 10.0 Å². The Morgan fingerprint density at radius 1 is 1.40 bits per heavy atom. The standard InChI is InChI=1S/C9H15NO4S/c10-15(12,13)6-7-9(3-1-2-4-9)5-8(11)14-7/h7H,1-6H2,(H2,10,12,13). The van der Waals surface area contributed by atoms with E-state index in [1.807, 2.05) is 0 Å². The molecule has 1 atom stereocenters. The van der Waals surface area contributed by atoms with E-state index in [4.69, 9.17) is 9.88 Å². The van der Waals surface area contributed by atoms with E-state index in [1.165, 1.54) is 0 Å². The quantitative estimate of drug-likeness (QED) is 0.688.